The number of fused-ring (bicyclic) bond motifs is 3. The van der Waals surface area contributed by atoms with E-state index in [1.807, 2.05) is 169 Å². The molecule has 4 heterocycles. The Hall–Kier alpha value is -11.3. The van der Waals surface area contributed by atoms with Crippen molar-refractivity contribution >= 4 is 23.1 Å². The van der Waals surface area contributed by atoms with E-state index >= 15 is 0 Å². The molecule has 2 atom stereocenters. The van der Waals surface area contributed by atoms with Gasteiger partial charge in [0.05, 0.1) is 31.6 Å². The summed E-state index contributed by atoms with van der Waals surface area (Å²) in [5.74, 6) is 14.1. The van der Waals surface area contributed by atoms with Gasteiger partial charge < -0.3 is 32.8 Å². The number of carbonyl (C=O) groups excluding carboxylic acids is 2. The molecule has 10 heteroatoms. The molecule has 11 aromatic carbocycles. The molecule has 0 saturated heterocycles. The summed E-state index contributed by atoms with van der Waals surface area (Å²) in [6.07, 6.45) is 14.1. The summed E-state index contributed by atoms with van der Waals surface area (Å²) in [4.78, 5) is 24.1. The van der Waals surface area contributed by atoms with Crippen LogP contribution >= 0.6 is 11.3 Å². The number of ketones is 1. The molecule has 0 radical (unpaired) electrons. The Labute approximate surface area is 818 Å². The number of unbranched alkanes of at least 4 members (excludes halogenated alkanes) is 1. The third kappa shape index (κ3) is 39.1. The summed E-state index contributed by atoms with van der Waals surface area (Å²) in [6, 6.07) is 99.0. The quantitative estimate of drug-likeness (QED) is 0.0352. The maximum atomic E-state index is 11.6. The van der Waals surface area contributed by atoms with Gasteiger partial charge in [0.1, 0.15) is 28.8 Å². The summed E-state index contributed by atoms with van der Waals surface area (Å²) in [5, 5.41) is 2.15. The Morgan fingerprint density at radius 3 is 1.51 bits per heavy atom. The Balaban J connectivity index is 0.000000205. The zero-order valence-electron chi connectivity index (χ0n) is 84.8. The molecule has 0 spiro atoms. The molecule has 2 aliphatic heterocycles. The molecule has 0 bridgehead atoms. The van der Waals surface area contributed by atoms with Gasteiger partial charge in [0.15, 0.2) is 17.3 Å². The second kappa shape index (κ2) is 59.5. The molecule has 135 heavy (non-hydrogen) atoms. The number of ether oxygens (including phenoxy) is 6. The third-order valence-corrected chi connectivity index (χ3v) is 25.1. The Kier molecular flexibility index (Phi) is 48.8. The zero-order valence-corrected chi connectivity index (χ0v) is 85.6. The third-order valence-electron chi connectivity index (χ3n) is 24.2. The van der Waals surface area contributed by atoms with Gasteiger partial charge in [-0.3, -0.25) is 4.79 Å². The fourth-order valence-electron chi connectivity index (χ4n) is 15.5. The number of aryl methyl sites for hydroxylation is 2. The van der Waals surface area contributed by atoms with E-state index in [4.69, 9.17) is 32.8 Å². The van der Waals surface area contributed by atoms with Crippen LogP contribution in [0.15, 0.2) is 307 Å². The van der Waals surface area contributed by atoms with E-state index in [9.17, 15) is 9.59 Å². The molecule has 2 aromatic heterocycles. The van der Waals surface area contributed by atoms with Gasteiger partial charge in [-0.1, -0.05) is 359 Å². The molecule has 4 aliphatic rings. The molecule has 1 unspecified atom stereocenters. The van der Waals surface area contributed by atoms with E-state index in [0.29, 0.717) is 66.3 Å². The lowest BCUT2D eigenvalue weighted by molar-refractivity contribution is 0.0499. The molecule has 2 aliphatic carbocycles. The second-order valence-electron chi connectivity index (χ2n) is 38.4. The second-order valence-corrected chi connectivity index (χ2v) is 39.4. The number of thiophene rings is 1. The number of rotatable bonds is 23. The minimum Gasteiger partial charge on any atom is -0.464 e. The average molecular weight is 1840 g/mol. The molecule has 720 valence electrons. The Morgan fingerprint density at radius 1 is 0.430 bits per heavy atom. The fourth-order valence-corrected chi connectivity index (χ4v) is 16.2. The first-order chi connectivity index (χ1) is 64.5. The minimum absolute atomic E-state index is 0. The van der Waals surface area contributed by atoms with Crippen molar-refractivity contribution in [3.05, 3.63) is 391 Å². The van der Waals surface area contributed by atoms with E-state index in [0.717, 1.165) is 108 Å². The standard InChI is InChI=1S/2C15H16O.C14H20O2.C13H14O.C13H18.C12H16O.C12H16.C11H14O.C10H12O2.C9H14S.CH4/c1-12(2)14-10-6-7-11-15(14)16-13-8-4-3-5-9-13;1-12(2)13-8-10-15(11-9-13)16-14-6-4-3-5-7-14;1-4-5-10-16-14(15)13-8-6-12(7-9-13)11(2)3;1-10(2)11-5-7-12(8-6-11)13-4-3-9-14-13;1-10(2)12-9-5-7-11-6-3-4-8-13(11)12;1-9(2)10-3-4-12-8-13-6-5-11(12)7-10;1-9(2)11-8-12(11)10-6-4-3-5-7-10;1-8(2)10-5-4-6-11(7-10)9(3)12;1-7(2)8-3-4-9-10(5-8)12-6-11-9;1-8(2)5-6-9-4-3-7-10-9;/h2*3-12H,1-2H3;6-9,11H,4-5,10H2,1-3H3;3-10H,1-2H3;5,7,9-10H,3-4,6,8H2,1-2H3;3-4,7,9H,5-6,8H2,1-2H3;3-7,9,11-12H,8H2,1-2H3;4-8H,1-3H3;3-5,7H,6H2,1-2H3;3-4,7-8H,5-6H2,1-2H3;1H4/t;;;;;;11?,12-;;;;/m......0..../s1. The van der Waals surface area contributed by atoms with E-state index in [1.54, 1.807) is 29.9 Å². The summed E-state index contributed by atoms with van der Waals surface area (Å²) in [5.41, 5.74) is 21.0. The van der Waals surface area contributed by atoms with Gasteiger partial charge in [-0.25, -0.2) is 4.79 Å². The summed E-state index contributed by atoms with van der Waals surface area (Å²) < 4.78 is 37.9. The number of carbonyl (C=O) groups is 2. The maximum Gasteiger partial charge on any atom is 0.338 e. The van der Waals surface area contributed by atoms with Gasteiger partial charge in [0, 0.05) is 16.0 Å². The van der Waals surface area contributed by atoms with Gasteiger partial charge in [-0.15, -0.1) is 11.3 Å². The van der Waals surface area contributed by atoms with Crippen LogP contribution < -0.4 is 18.9 Å². The maximum absolute atomic E-state index is 11.6. The molecule has 13 aromatic rings. The van der Waals surface area contributed by atoms with Crippen molar-refractivity contribution in [3.8, 4) is 45.8 Å². The summed E-state index contributed by atoms with van der Waals surface area (Å²) in [6.45, 7) is 50.4. The highest BCUT2D eigenvalue weighted by atomic mass is 32.1. The van der Waals surface area contributed by atoms with Crippen molar-refractivity contribution in [1.82, 2.24) is 0 Å². The number of para-hydroxylation sites is 3. The van der Waals surface area contributed by atoms with Gasteiger partial charge in [0.2, 0.25) is 6.79 Å². The molecule has 17 rings (SSSR count). The first-order valence-corrected chi connectivity index (χ1v) is 50.3. The monoisotopic (exact) mass is 1840 g/mol. The highest BCUT2D eigenvalue weighted by Gasteiger charge is 2.40. The zero-order chi connectivity index (χ0) is 96.9. The van der Waals surface area contributed by atoms with Crippen LogP contribution in [0.5, 0.6) is 34.5 Å². The summed E-state index contributed by atoms with van der Waals surface area (Å²) >= 11 is 1.86. The number of furan rings is 1. The van der Waals surface area contributed by atoms with E-state index in [-0.39, 0.29) is 19.2 Å². The Bertz CT molecular complexity index is 5410. The molecule has 9 nitrogen and oxygen atoms in total. The topological polar surface area (TPSA) is 103 Å². The number of Topliss-reactive ketones (excluding diaryl/α,β-unsaturated/α-hetero) is 1. The lowest BCUT2D eigenvalue weighted by Crippen LogP contribution is -2.10. The molecule has 0 amide bonds. The molecular formula is C125H160O9S. The highest BCUT2D eigenvalue weighted by Crippen LogP contribution is 2.51. The number of hydrogen-bond acceptors (Lipinski definition) is 10. The normalized spacial score (nSPS) is 13.3. The van der Waals surface area contributed by atoms with Crippen LogP contribution in [-0.4, -0.2) is 31.8 Å². The van der Waals surface area contributed by atoms with E-state index in [1.165, 1.54) is 105 Å². The Morgan fingerprint density at radius 2 is 0.956 bits per heavy atom. The van der Waals surface area contributed by atoms with Gasteiger partial charge in [-0.2, -0.15) is 0 Å². The fraction of sp³-hybridized carbons (Fsp3) is 0.392. The van der Waals surface area contributed by atoms with Crippen LogP contribution in [0, 0.1) is 17.8 Å². The molecular weight excluding hydrogens is 1680 g/mol. The van der Waals surface area contributed by atoms with Gasteiger partial charge in [-0.05, 0) is 304 Å². The van der Waals surface area contributed by atoms with Crippen molar-refractivity contribution in [2.45, 2.75) is 284 Å². The number of benzene rings is 11. The molecule has 0 N–H and O–H groups in total. The van der Waals surface area contributed by atoms with Crippen molar-refractivity contribution in [2.24, 2.45) is 17.8 Å². The van der Waals surface area contributed by atoms with Crippen LogP contribution in [0.25, 0.3) is 11.3 Å². The lowest BCUT2D eigenvalue weighted by Gasteiger charge is -2.21. The largest absolute Gasteiger partial charge is 0.464 e. The van der Waals surface area contributed by atoms with Crippen LogP contribution in [0.4, 0.5) is 0 Å². The predicted molar refractivity (Wildman–Crippen MR) is 573 cm³/mol. The van der Waals surface area contributed by atoms with Crippen LogP contribution in [0.2, 0.25) is 0 Å². The van der Waals surface area contributed by atoms with Crippen molar-refractivity contribution < 1.29 is 42.4 Å². The van der Waals surface area contributed by atoms with Gasteiger partial charge in [0.25, 0.3) is 0 Å². The van der Waals surface area contributed by atoms with Crippen molar-refractivity contribution in [3.63, 3.8) is 0 Å². The van der Waals surface area contributed by atoms with E-state index in [2.05, 4.69) is 284 Å². The first-order valence-electron chi connectivity index (χ1n) is 49.4. The molecule has 1 fully saturated rings. The van der Waals surface area contributed by atoms with Crippen molar-refractivity contribution in [2.75, 3.05) is 20.0 Å². The first kappa shape index (κ1) is 111. The number of hydrogen-bond donors (Lipinski definition) is 0. The summed E-state index contributed by atoms with van der Waals surface area (Å²) in [7, 11) is 0. The smallest absolute Gasteiger partial charge is 0.338 e. The molecule has 1 saturated carbocycles. The SMILES string of the molecule is C.CC(=O)c1cccc(C(C)C)c1.CC(C)C1C[C@H]1c1ccccc1.CC(C)CCc1cccs1.CC(C)c1ccc(-c2ccco2)cc1.CC(C)c1ccc(Oc2ccccc2)cc1.CC(C)c1ccc2c(c1)CCOC2.CC(C)c1ccc2c(c1)OCO2.CC(C)c1cccc2c1CCCC2.CC(C)c1ccccc1Oc1ccccc1.CCCCOC(=O)c1ccc(C(C)C)cc1. The van der Waals surface area contributed by atoms with Gasteiger partial charge >= 0.3 is 5.97 Å². The van der Waals surface area contributed by atoms with Crippen LogP contribution in [0.1, 0.15) is 349 Å². The average Bonchev–Trinajstić information content (AvgIpc) is 1.65. The van der Waals surface area contributed by atoms with Crippen LogP contribution in [0.3, 0.4) is 0 Å². The minimum atomic E-state index is -0.219. The van der Waals surface area contributed by atoms with Crippen LogP contribution in [-0.2, 0) is 41.8 Å². The number of esters is 1. The van der Waals surface area contributed by atoms with Crippen molar-refractivity contribution in [1.29, 1.82) is 0 Å². The lowest BCUT2D eigenvalue weighted by atomic mass is 9.85. The predicted octanol–water partition coefficient (Wildman–Crippen LogP) is 36.6. The van der Waals surface area contributed by atoms with E-state index < -0.39 is 0 Å². The highest BCUT2D eigenvalue weighted by molar-refractivity contribution is 7.09.